The van der Waals surface area contributed by atoms with Gasteiger partial charge in [-0.3, -0.25) is 19.3 Å². The summed E-state index contributed by atoms with van der Waals surface area (Å²) in [6.45, 7) is 3.24. The summed E-state index contributed by atoms with van der Waals surface area (Å²) >= 11 is 0. The van der Waals surface area contributed by atoms with Crippen molar-refractivity contribution >= 4 is 17.7 Å². The molecule has 1 aliphatic carbocycles. The second-order valence-corrected chi connectivity index (χ2v) is 7.31. The van der Waals surface area contributed by atoms with Crippen LogP contribution in [0.2, 0.25) is 0 Å². The highest BCUT2D eigenvalue weighted by atomic mass is 16.2. The summed E-state index contributed by atoms with van der Waals surface area (Å²) in [5.74, 6) is 0.174. The van der Waals surface area contributed by atoms with Gasteiger partial charge in [-0.1, -0.05) is 12.1 Å². The Balaban J connectivity index is 1.25. The Morgan fingerprint density at radius 1 is 1.08 bits per heavy atom. The van der Waals surface area contributed by atoms with Gasteiger partial charge < -0.3 is 10.2 Å². The predicted octanol–water partition coefficient (Wildman–Crippen LogP) is 1.27. The fourth-order valence-corrected chi connectivity index (χ4v) is 3.74. The summed E-state index contributed by atoms with van der Waals surface area (Å²) in [5.41, 5.74) is 0.860. The summed E-state index contributed by atoms with van der Waals surface area (Å²) < 4.78 is 0. The molecule has 3 amide bonds. The van der Waals surface area contributed by atoms with Gasteiger partial charge >= 0.3 is 0 Å². The molecule has 0 radical (unpaired) electrons. The van der Waals surface area contributed by atoms with Gasteiger partial charge in [0.1, 0.15) is 0 Å². The van der Waals surface area contributed by atoms with Crippen molar-refractivity contribution in [3.8, 4) is 0 Å². The van der Waals surface area contributed by atoms with Crippen LogP contribution >= 0.6 is 0 Å². The normalized spacial score (nSPS) is 23.2. The zero-order valence-corrected chi connectivity index (χ0v) is 14.2. The lowest BCUT2D eigenvalue weighted by Crippen LogP contribution is -2.40. The SMILES string of the molecule is O=C(CCN1C(=O)c2ccccc2C1=O)NC1CCN(CC2CC2)C1. The molecule has 3 aliphatic rings. The van der Waals surface area contributed by atoms with E-state index in [4.69, 9.17) is 0 Å². The molecule has 1 saturated heterocycles. The van der Waals surface area contributed by atoms with Gasteiger partial charge in [0, 0.05) is 38.6 Å². The fourth-order valence-electron chi connectivity index (χ4n) is 3.74. The van der Waals surface area contributed by atoms with Crippen molar-refractivity contribution in [1.82, 2.24) is 15.1 Å². The largest absolute Gasteiger partial charge is 0.352 e. The van der Waals surface area contributed by atoms with Crippen molar-refractivity contribution in [2.45, 2.75) is 31.7 Å². The van der Waals surface area contributed by atoms with E-state index in [0.717, 1.165) is 32.0 Å². The van der Waals surface area contributed by atoms with Crippen LogP contribution in [-0.2, 0) is 4.79 Å². The van der Waals surface area contributed by atoms with Crippen molar-refractivity contribution in [2.24, 2.45) is 5.92 Å². The highest BCUT2D eigenvalue weighted by molar-refractivity contribution is 6.21. The summed E-state index contributed by atoms with van der Waals surface area (Å²) in [6.07, 6.45) is 3.82. The Morgan fingerprint density at radius 3 is 2.40 bits per heavy atom. The Kier molecular flexibility index (Phi) is 4.29. The summed E-state index contributed by atoms with van der Waals surface area (Å²) in [7, 11) is 0. The van der Waals surface area contributed by atoms with E-state index in [-0.39, 0.29) is 36.7 Å². The van der Waals surface area contributed by atoms with Crippen LogP contribution in [0.1, 0.15) is 46.4 Å². The number of fused-ring (bicyclic) bond motifs is 1. The van der Waals surface area contributed by atoms with E-state index in [9.17, 15) is 14.4 Å². The van der Waals surface area contributed by atoms with Crippen molar-refractivity contribution in [1.29, 1.82) is 0 Å². The number of amides is 3. The molecule has 2 aliphatic heterocycles. The second-order valence-electron chi connectivity index (χ2n) is 7.31. The Hall–Kier alpha value is -2.21. The first-order valence-corrected chi connectivity index (χ1v) is 9.09. The molecule has 1 atom stereocenters. The van der Waals surface area contributed by atoms with Crippen LogP contribution in [-0.4, -0.2) is 59.7 Å². The zero-order chi connectivity index (χ0) is 17.4. The zero-order valence-electron chi connectivity index (χ0n) is 14.2. The van der Waals surface area contributed by atoms with Crippen molar-refractivity contribution < 1.29 is 14.4 Å². The van der Waals surface area contributed by atoms with E-state index in [1.165, 1.54) is 17.7 Å². The summed E-state index contributed by atoms with van der Waals surface area (Å²) in [4.78, 5) is 40.4. The van der Waals surface area contributed by atoms with E-state index in [0.29, 0.717) is 11.1 Å². The molecule has 0 spiro atoms. The van der Waals surface area contributed by atoms with Crippen LogP contribution in [0.15, 0.2) is 24.3 Å². The van der Waals surface area contributed by atoms with Crippen molar-refractivity contribution in [3.05, 3.63) is 35.4 Å². The van der Waals surface area contributed by atoms with Crippen LogP contribution in [0.25, 0.3) is 0 Å². The first kappa shape index (κ1) is 16.3. The minimum atomic E-state index is -0.301. The van der Waals surface area contributed by atoms with Crippen LogP contribution in [0.5, 0.6) is 0 Å². The Morgan fingerprint density at radius 2 is 1.76 bits per heavy atom. The lowest BCUT2D eigenvalue weighted by molar-refractivity contribution is -0.121. The van der Waals surface area contributed by atoms with Crippen molar-refractivity contribution in [2.75, 3.05) is 26.2 Å². The minimum absolute atomic E-state index is 0.0881. The van der Waals surface area contributed by atoms with Gasteiger partial charge in [-0.05, 0) is 37.3 Å². The standard InChI is InChI=1S/C19H23N3O3/c23-17(20-14-7-9-21(12-14)11-13-5-6-13)8-10-22-18(24)15-3-1-2-4-16(15)19(22)25/h1-4,13-14H,5-12H2,(H,20,23). The molecule has 6 heteroatoms. The molecule has 0 bridgehead atoms. The highest BCUT2D eigenvalue weighted by Gasteiger charge is 2.35. The molecule has 1 N–H and O–H groups in total. The third-order valence-electron chi connectivity index (χ3n) is 5.29. The molecule has 1 aromatic rings. The molecule has 0 aromatic heterocycles. The van der Waals surface area contributed by atoms with E-state index in [1.54, 1.807) is 24.3 Å². The molecule has 2 fully saturated rings. The predicted molar refractivity (Wildman–Crippen MR) is 92.1 cm³/mol. The number of hydrogen-bond acceptors (Lipinski definition) is 4. The highest BCUT2D eigenvalue weighted by Crippen LogP contribution is 2.30. The number of imide groups is 1. The number of hydrogen-bond donors (Lipinski definition) is 1. The average molecular weight is 341 g/mol. The van der Waals surface area contributed by atoms with Crippen LogP contribution in [0, 0.1) is 5.92 Å². The fraction of sp³-hybridized carbons (Fsp3) is 0.526. The van der Waals surface area contributed by atoms with E-state index in [2.05, 4.69) is 10.2 Å². The molecular formula is C19H23N3O3. The van der Waals surface area contributed by atoms with Gasteiger partial charge in [0.15, 0.2) is 0 Å². The van der Waals surface area contributed by atoms with Gasteiger partial charge in [-0.15, -0.1) is 0 Å². The first-order chi connectivity index (χ1) is 12.1. The van der Waals surface area contributed by atoms with Crippen LogP contribution < -0.4 is 5.32 Å². The molecule has 2 heterocycles. The lowest BCUT2D eigenvalue weighted by atomic mass is 10.1. The molecular weight excluding hydrogens is 318 g/mol. The van der Waals surface area contributed by atoms with Crippen molar-refractivity contribution in [3.63, 3.8) is 0 Å². The average Bonchev–Trinajstić information content (AvgIpc) is 3.26. The first-order valence-electron chi connectivity index (χ1n) is 9.09. The van der Waals surface area contributed by atoms with Crippen LogP contribution in [0.4, 0.5) is 0 Å². The minimum Gasteiger partial charge on any atom is -0.352 e. The monoisotopic (exact) mass is 341 g/mol. The topological polar surface area (TPSA) is 69.7 Å². The van der Waals surface area contributed by atoms with Gasteiger partial charge in [-0.25, -0.2) is 0 Å². The van der Waals surface area contributed by atoms with E-state index >= 15 is 0 Å². The van der Waals surface area contributed by atoms with Gasteiger partial charge in [0.05, 0.1) is 11.1 Å². The maximum atomic E-state index is 12.3. The number of nitrogens with one attached hydrogen (secondary N) is 1. The number of benzene rings is 1. The molecule has 1 aromatic carbocycles. The summed E-state index contributed by atoms with van der Waals surface area (Å²) in [6, 6.07) is 6.99. The lowest BCUT2D eigenvalue weighted by Gasteiger charge is -2.17. The molecule has 132 valence electrons. The second kappa shape index (κ2) is 6.59. The number of carbonyl (C=O) groups is 3. The Labute approximate surface area is 147 Å². The molecule has 1 saturated carbocycles. The Bertz CT molecular complexity index is 679. The quantitative estimate of drug-likeness (QED) is 0.791. The maximum Gasteiger partial charge on any atom is 0.261 e. The molecule has 25 heavy (non-hydrogen) atoms. The third-order valence-corrected chi connectivity index (χ3v) is 5.29. The number of likely N-dealkylation sites (tertiary alicyclic amines) is 1. The van der Waals surface area contributed by atoms with Crippen LogP contribution in [0.3, 0.4) is 0 Å². The van der Waals surface area contributed by atoms with Gasteiger partial charge in [0.2, 0.25) is 5.91 Å². The van der Waals surface area contributed by atoms with Gasteiger partial charge in [-0.2, -0.15) is 0 Å². The summed E-state index contributed by atoms with van der Waals surface area (Å²) in [5, 5.41) is 3.05. The molecule has 6 nitrogen and oxygen atoms in total. The maximum absolute atomic E-state index is 12.3. The third kappa shape index (κ3) is 3.44. The van der Waals surface area contributed by atoms with E-state index < -0.39 is 0 Å². The number of nitrogens with zero attached hydrogens (tertiary/aromatic N) is 2. The number of carbonyl (C=O) groups excluding carboxylic acids is 3. The van der Waals surface area contributed by atoms with E-state index in [1.807, 2.05) is 0 Å². The number of rotatable bonds is 6. The molecule has 1 unspecified atom stereocenters. The smallest absolute Gasteiger partial charge is 0.261 e. The van der Waals surface area contributed by atoms with Gasteiger partial charge in [0.25, 0.3) is 11.8 Å². The molecule has 4 rings (SSSR count).